The minimum atomic E-state index is -0.712. The number of nitrogens with zero attached hydrogens (tertiary/aromatic N) is 1. The normalized spacial score (nSPS) is 10.6. The molecular weight excluding hydrogens is 397 g/mol. The number of halogens is 2. The quantitative estimate of drug-likeness (QED) is 0.225. The van der Waals surface area contributed by atoms with Crippen molar-refractivity contribution < 1.29 is 19.0 Å². The fraction of sp³-hybridized carbons (Fsp3) is 0.143. The molecule has 0 aliphatic rings. The highest BCUT2D eigenvalue weighted by molar-refractivity contribution is 6.30. The predicted octanol–water partition coefficient (Wildman–Crippen LogP) is 5.08. The van der Waals surface area contributed by atoms with Gasteiger partial charge in [-0.05, 0) is 49.4 Å². The van der Waals surface area contributed by atoms with Crippen LogP contribution in [-0.2, 0) is 11.4 Å². The number of carbonyl (C=O) groups is 1. The van der Waals surface area contributed by atoms with Crippen LogP contribution in [0.1, 0.15) is 22.8 Å². The van der Waals surface area contributed by atoms with E-state index in [0.717, 1.165) is 0 Å². The Hall–Kier alpha value is -3.32. The van der Waals surface area contributed by atoms with Gasteiger partial charge in [-0.2, -0.15) is 0 Å². The first kappa shape index (κ1) is 20.4. The van der Waals surface area contributed by atoms with E-state index < -0.39 is 12.6 Å². The standard InChI is InChI=1S/C21H19ClFN3O3/c1-2-29-21(28)15-4-3-7-25-19(15)16-9-14(10-17(24)20(16)27)26-18-6-5-13(22)8-12(18)11-23/h3-10,26-27H,2,11,24H2,1H3. The van der Waals surface area contributed by atoms with Crippen molar-refractivity contribution in [3.8, 4) is 17.0 Å². The van der Waals surface area contributed by atoms with Crippen LogP contribution in [0, 0.1) is 0 Å². The number of phenolic OH excluding ortho intramolecular Hbond substituents is 1. The molecule has 3 rings (SSSR count). The molecule has 0 saturated carbocycles. The van der Waals surface area contributed by atoms with Crippen LogP contribution in [-0.4, -0.2) is 22.7 Å². The molecule has 8 heteroatoms. The number of hydrogen-bond donors (Lipinski definition) is 3. The first-order valence-electron chi connectivity index (χ1n) is 8.81. The van der Waals surface area contributed by atoms with E-state index in [1.54, 1.807) is 37.3 Å². The highest BCUT2D eigenvalue weighted by atomic mass is 35.5. The fourth-order valence-electron chi connectivity index (χ4n) is 2.85. The van der Waals surface area contributed by atoms with Crippen molar-refractivity contribution in [1.29, 1.82) is 0 Å². The van der Waals surface area contributed by atoms with Crippen molar-refractivity contribution in [2.45, 2.75) is 13.6 Å². The van der Waals surface area contributed by atoms with Gasteiger partial charge in [0.05, 0.1) is 23.6 Å². The van der Waals surface area contributed by atoms with Gasteiger partial charge >= 0.3 is 5.97 Å². The Morgan fingerprint density at radius 1 is 1.31 bits per heavy atom. The van der Waals surface area contributed by atoms with Crippen molar-refractivity contribution in [3.63, 3.8) is 0 Å². The summed E-state index contributed by atoms with van der Waals surface area (Å²) in [5.74, 6) is -0.786. The van der Waals surface area contributed by atoms with E-state index in [9.17, 15) is 14.3 Å². The molecule has 4 N–H and O–H groups in total. The number of phenols is 1. The Morgan fingerprint density at radius 3 is 2.83 bits per heavy atom. The van der Waals surface area contributed by atoms with Gasteiger partial charge in [-0.15, -0.1) is 0 Å². The third kappa shape index (κ3) is 4.41. The number of pyridine rings is 1. The van der Waals surface area contributed by atoms with Gasteiger partial charge in [0.15, 0.2) is 0 Å². The first-order chi connectivity index (χ1) is 13.9. The van der Waals surface area contributed by atoms with Crippen LogP contribution in [0.3, 0.4) is 0 Å². The molecule has 0 spiro atoms. The van der Waals surface area contributed by atoms with Crippen LogP contribution in [0.2, 0.25) is 5.02 Å². The number of aromatic nitrogens is 1. The third-order valence-corrected chi connectivity index (χ3v) is 4.42. The number of nitrogens with two attached hydrogens (primary N) is 1. The number of nitrogens with one attached hydrogen (secondary N) is 1. The van der Waals surface area contributed by atoms with Gasteiger partial charge in [0.2, 0.25) is 0 Å². The molecule has 3 aromatic rings. The van der Waals surface area contributed by atoms with Crippen LogP contribution >= 0.6 is 11.6 Å². The molecule has 2 aromatic carbocycles. The SMILES string of the molecule is CCOC(=O)c1cccnc1-c1cc(Nc2ccc(Cl)cc2CF)cc(N)c1O. The summed E-state index contributed by atoms with van der Waals surface area (Å²) >= 11 is 5.92. The van der Waals surface area contributed by atoms with Crippen molar-refractivity contribution in [2.24, 2.45) is 0 Å². The lowest BCUT2D eigenvalue weighted by atomic mass is 10.0. The van der Waals surface area contributed by atoms with Gasteiger partial charge in [-0.25, -0.2) is 9.18 Å². The average Bonchev–Trinajstić information content (AvgIpc) is 2.72. The van der Waals surface area contributed by atoms with Crippen LogP contribution < -0.4 is 11.1 Å². The van der Waals surface area contributed by atoms with Gasteiger partial charge < -0.3 is 20.9 Å². The fourth-order valence-corrected chi connectivity index (χ4v) is 3.05. The summed E-state index contributed by atoms with van der Waals surface area (Å²) in [6.07, 6.45) is 1.49. The molecule has 0 unspecified atom stereocenters. The van der Waals surface area contributed by atoms with Crippen LogP contribution in [0.15, 0.2) is 48.7 Å². The van der Waals surface area contributed by atoms with E-state index in [1.807, 2.05) is 0 Å². The second-order valence-electron chi connectivity index (χ2n) is 6.14. The third-order valence-electron chi connectivity index (χ3n) is 4.19. The zero-order valence-corrected chi connectivity index (χ0v) is 16.3. The second kappa shape index (κ2) is 8.79. The molecule has 0 aliphatic heterocycles. The maximum absolute atomic E-state index is 13.3. The molecule has 0 bridgehead atoms. The number of anilines is 3. The number of esters is 1. The zero-order valence-electron chi connectivity index (χ0n) is 15.6. The molecule has 0 fully saturated rings. The number of benzene rings is 2. The van der Waals surface area contributed by atoms with Crippen molar-refractivity contribution >= 4 is 34.6 Å². The summed E-state index contributed by atoms with van der Waals surface area (Å²) in [6, 6.07) is 11.0. The van der Waals surface area contributed by atoms with Gasteiger partial charge in [0, 0.05) is 33.7 Å². The molecule has 0 aliphatic carbocycles. The van der Waals surface area contributed by atoms with E-state index in [0.29, 0.717) is 22.0 Å². The zero-order chi connectivity index (χ0) is 21.0. The molecule has 1 aromatic heterocycles. The molecule has 1 heterocycles. The van der Waals surface area contributed by atoms with Gasteiger partial charge in [0.25, 0.3) is 0 Å². The summed E-state index contributed by atoms with van der Waals surface area (Å²) < 4.78 is 18.4. The minimum absolute atomic E-state index is 0.0706. The first-order valence-corrected chi connectivity index (χ1v) is 9.18. The van der Waals surface area contributed by atoms with E-state index in [1.165, 1.54) is 18.3 Å². The number of rotatable bonds is 6. The number of ether oxygens (including phenoxy) is 1. The highest BCUT2D eigenvalue weighted by Crippen LogP contribution is 2.39. The second-order valence-corrected chi connectivity index (χ2v) is 6.58. The van der Waals surface area contributed by atoms with E-state index >= 15 is 0 Å². The molecule has 0 amide bonds. The number of hydrogen-bond acceptors (Lipinski definition) is 6. The number of alkyl halides is 1. The Labute approximate surface area is 172 Å². The lowest BCUT2D eigenvalue weighted by Gasteiger charge is -2.15. The molecule has 0 atom stereocenters. The molecule has 29 heavy (non-hydrogen) atoms. The molecule has 0 saturated heterocycles. The maximum atomic E-state index is 13.3. The Morgan fingerprint density at radius 2 is 2.10 bits per heavy atom. The number of aromatic hydroxyl groups is 1. The molecule has 150 valence electrons. The van der Waals surface area contributed by atoms with Gasteiger partial charge in [0.1, 0.15) is 12.4 Å². The molecule has 0 radical (unpaired) electrons. The Kier molecular flexibility index (Phi) is 6.19. The topological polar surface area (TPSA) is 97.5 Å². The van der Waals surface area contributed by atoms with Gasteiger partial charge in [-0.1, -0.05) is 11.6 Å². The van der Waals surface area contributed by atoms with Crippen LogP contribution in [0.4, 0.5) is 21.5 Å². The van der Waals surface area contributed by atoms with Crippen molar-refractivity contribution in [2.75, 3.05) is 17.7 Å². The summed E-state index contributed by atoms with van der Waals surface area (Å²) in [5.41, 5.74) is 8.04. The van der Waals surface area contributed by atoms with E-state index in [2.05, 4.69) is 10.3 Å². The highest BCUT2D eigenvalue weighted by Gasteiger charge is 2.19. The molecular formula is C21H19ClFN3O3. The lowest BCUT2D eigenvalue weighted by Crippen LogP contribution is -2.08. The predicted molar refractivity (Wildman–Crippen MR) is 111 cm³/mol. The Balaban J connectivity index is 2.08. The number of nitrogen functional groups attached to an aromatic ring is 1. The molecule has 6 nitrogen and oxygen atoms in total. The largest absolute Gasteiger partial charge is 0.505 e. The minimum Gasteiger partial charge on any atom is -0.505 e. The number of carbonyl (C=O) groups excluding carboxylic acids is 1. The summed E-state index contributed by atoms with van der Waals surface area (Å²) in [5, 5.41) is 14.0. The summed E-state index contributed by atoms with van der Waals surface area (Å²) in [6.45, 7) is 1.19. The van der Waals surface area contributed by atoms with E-state index in [-0.39, 0.29) is 34.9 Å². The Bertz CT molecular complexity index is 1060. The van der Waals surface area contributed by atoms with Crippen LogP contribution in [0.5, 0.6) is 5.75 Å². The maximum Gasteiger partial charge on any atom is 0.340 e. The van der Waals surface area contributed by atoms with Crippen molar-refractivity contribution in [1.82, 2.24) is 4.98 Å². The van der Waals surface area contributed by atoms with Crippen LogP contribution in [0.25, 0.3) is 11.3 Å². The average molecular weight is 416 g/mol. The van der Waals surface area contributed by atoms with Gasteiger partial charge in [-0.3, -0.25) is 4.98 Å². The lowest BCUT2D eigenvalue weighted by molar-refractivity contribution is 0.0527. The van der Waals surface area contributed by atoms with E-state index in [4.69, 9.17) is 22.1 Å². The van der Waals surface area contributed by atoms with Crippen molar-refractivity contribution in [3.05, 3.63) is 64.8 Å². The smallest absolute Gasteiger partial charge is 0.340 e. The monoisotopic (exact) mass is 415 g/mol. The summed E-state index contributed by atoms with van der Waals surface area (Å²) in [7, 11) is 0. The summed E-state index contributed by atoms with van der Waals surface area (Å²) in [4.78, 5) is 16.5.